The summed E-state index contributed by atoms with van der Waals surface area (Å²) < 4.78 is 38.4. The highest BCUT2D eigenvalue weighted by Gasteiger charge is 2.30. The normalized spacial score (nSPS) is 15.5. The number of anilines is 1. The van der Waals surface area contributed by atoms with Crippen LogP contribution in [0.2, 0.25) is 10.0 Å². The molecule has 0 spiro atoms. The van der Waals surface area contributed by atoms with Crippen LogP contribution in [0.25, 0.3) is 0 Å². The van der Waals surface area contributed by atoms with Crippen LogP contribution in [-0.2, 0) is 12.7 Å². The van der Waals surface area contributed by atoms with Crippen LogP contribution in [0.1, 0.15) is 11.1 Å². The first-order chi connectivity index (χ1) is 13.2. The van der Waals surface area contributed by atoms with Crippen LogP contribution in [0.15, 0.2) is 42.5 Å². The maximum absolute atomic E-state index is 12.8. The molecule has 0 atom stereocenters. The first kappa shape index (κ1) is 20.8. The number of amides is 2. The van der Waals surface area contributed by atoms with Gasteiger partial charge >= 0.3 is 12.2 Å². The number of rotatable bonds is 3. The van der Waals surface area contributed by atoms with Crippen molar-refractivity contribution in [3.63, 3.8) is 0 Å². The van der Waals surface area contributed by atoms with Gasteiger partial charge in [-0.25, -0.2) is 4.79 Å². The molecule has 4 nitrogen and oxygen atoms in total. The van der Waals surface area contributed by atoms with Crippen molar-refractivity contribution in [2.75, 3.05) is 31.5 Å². The summed E-state index contributed by atoms with van der Waals surface area (Å²) in [6.45, 7) is 2.94. The number of benzene rings is 2. The highest BCUT2D eigenvalue weighted by Crippen LogP contribution is 2.30. The molecule has 28 heavy (non-hydrogen) atoms. The molecule has 1 aliphatic heterocycles. The number of nitrogens with one attached hydrogen (secondary N) is 1. The molecule has 150 valence electrons. The molecule has 1 saturated heterocycles. The van der Waals surface area contributed by atoms with Gasteiger partial charge in [-0.2, -0.15) is 13.2 Å². The number of hydrogen-bond acceptors (Lipinski definition) is 2. The van der Waals surface area contributed by atoms with Crippen molar-refractivity contribution in [1.82, 2.24) is 9.80 Å². The Labute approximate surface area is 170 Å². The molecule has 0 radical (unpaired) electrons. The van der Waals surface area contributed by atoms with Crippen molar-refractivity contribution in [3.8, 4) is 0 Å². The Balaban J connectivity index is 1.53. The van der Waals surface area contributed by atoms with Crippen molar-refractivity contribution in [3.05, 3.63) is 63.6 Å². The Bertz CT molecular complexity index is 853. The fourth-order valence-corrected chi connectivity index (χ4v) is 3.30. The van der Waals surface area contributed by atoms with Crippen molar-refractivity contribution in [1.29, 1.82) is 0 Å². The van der Waals surface area contributed by atoms with E-state index >= 15 is 0 Å². The minimum absolute atomic E-state index is 0.123. The largest absolute Gasteiger partial charge is 0.416 e. The molecule has 0 unspecified atom stereocenters. The Hall–Kier alpha value is -1.96. The van der Waals surface area contributed by atoms with Crippen LogP contribution in [0.3, 0.4) is 0 Å². The van der Waals surface area contributed by atoms with Crippen LogP contribution < -0.4 is 5.32 Å². The standard InChI is InChI=1S/C19H18Cl2F3N3O/c20-16-5-4-13(10-17(16)21)12-26-6-8-27(9-7-26)18(28)25-15-3-1-2-14(11-15)19(22,23)24/h1-5,10-11H,6-9,12H2,(H,25,28). The van der Waals surface area contributed by atoms with E-state index in [1.54, 1.807) is 11.0 Å². The van der Waals surface area contributed by atoms with Gasteiger partial charge in [-0.15, -0.1) is 0 Å². The summed E-state index contributed by atoms with van der Waals surface area (Å²) in [5.41, 5.74) is 0.353. The lowest BCUT2D eigenvalue weighted by Crippen LogP contribution is -2.49. The smallest absolute Gasteiger partial charge is 0.322 e. The summed E-state index contributed by atoms with van der Waals surface area (Å²) in [5.74, 6) is 0. The molecule has 1 heterocycles. The van der Waals surface area contributed by atoms with E-state index in [9.17, 15) is 18.0 Å². The van der Waals surface area contributed by atoms with Gasteiger partial charge in [0.2, 0.25) is 0 Å². The zero-order chi connectivity index (χ0) is 20.3. The lowest BCUT2D eigenvalue weighted by Gasteiger charge is -2.34. The molecular formula is C19H18Cl2F3N3O. The van der Waals surface area contributed by atoms with Crippen LogP contribution in [-0.4, -0.2) is 42.0 Å². The van der Waals surface area contributed by atoms with Gasteiger partial charge in [0.25, 0.3) is 0 Å². The van der Waals surface area contributed by atoms with Gasteiger partial charge in [0.1, 0.15) is 0 Å². The quantitative estimate of drug-likeness (QED) is 0.709. The lowest BCUT2D eigenvalue weighted by molar-refractivity contribution is -0.137. The third kappa shape index (κ3) is 5.31. The van der Waals surface area contributed by atoms with E-state index < -0.39 is 17.8 Å². The second-order valence-corrected chi connectivity index (χ2v) is 7.33. The SMILES string of the molecule is O=C(Nc1cccc(C(F)(F)F)c1)N1CCN(Cc2ccc(Cl)c(Cl)c2)CC1. The van der Waals surface area contributed by atoms with Crippen LogP contribution in [0.5, 0.6) is 0 Å². The number of carbonyl (C=O) groups excluding carboxylic acids is 1. The number of urea groups is 1. The zero-order valence-electron chi connectivity index (χ0n) is 14.8. The molecule has 0 bridgehead atoms. The summed E-state index contributed by atoms with van der Waals surface area (Å²) in [5, 5.41) is 3.54. The first-order valence-corrected chi connectivity index (χ1v) is 9.37. The van der Waals surface area contributed by atoms with E-state index in [-0.39, 0.29) is 5.69 Å². The number of nitrogens with zero attached hydrogens (tertiary/aromatic N) is 2. The van der Waals surface area contributed by atoms with Crippen LogP contribution in [0, 0.1) is 0 Å². The molecule has 1 N–H and O–H groups in total. The highest BCUT2D eigenvalue weighted by atomic mass is 35.5. The van der Waals surface area contributed by atoms with E-state index in [0.717, 1.165) is 17.7 Å². The minimum atomic E-state index is -4.45. The van der Waals surface area contributed by atoms with E-state index in [1.807, 2.05) is 12.1 Å². The number of hydrogen-bond donors (Lipinski definition) is 1. The monoisotopic (exact) mass is 431 g/mol. The van der Waals surface area contributed by atoms with Crippen molar-refractivity contribution < 1.29 is 18.0 Å². The molecule has 9 heteroatoms. The van der Waals surface area contributed by atoms with Crippen LogP contribution >= 0.6 is 23.2 Å². The molecule has 2 aromatic rings. The third-order valence-electron chi connectivity index (χ3n) is 4.49. The maximum Gasteiger partial charge on any atom is 0.416 e. The average molecular weight is 432 g/mol. The fourth-order valence-electron chi connectivity index (χ4n) is 2.98. The van der Waals surface area contributed by atoms with E-state index in [4.69, 9.17) is 23.2 Å². The number of halogens is 5. The van der Waals surface area contributed by atoms with E-state index in [0.29, 0.717) is 42.8 Å². The van der Waals surface area contributed by atoms with Crippen LogP contribution in [0.4, 0.5) is 23.7 Å². The van der Waals surface area contributed by atoms with Crippen molar-refractivity contribution >= 4 is 34.9 Å². The van der Waals surface area contributed by atoms with Gasteiger partial charge in [0.05, 0.1) is 15.6 Å². The predicted molar refractivity (Wildman–Crippen MR) is 104 cm³/mol. The summed E-state index contributed by atoms with van der Waals surface area (Å²) in [7, 11) is 0. The topological polar surface area (TPSA) is 35.6 Å². The van der Waals surface area contributed by atoms with Gasteiger partial charge in [0.15, 0.2) is 0 Å². The van der Waals surface area contributed by atoms with Gasteiger partial charge in [-0.05, 0) is 35.9 Å². The van der Waals surface area contributed by atoms with Gasteiger partial charge < -0.3 is 10.2 Å². The first-order valence-electron chi connectivity index (χ1n) is 8.62. The highest BCUT2D eigenvalue weighted by molar-refractivity contribution is 6.42. The summed E-state index contributed by atoms with van der Waals surface area (Å²) in [6, 6.07) is 9.67. The Morgan fingerprint density at radius 1 is 1.00 bits per heavy atom. The lowest BCUT2D eigenvalue weighted by atomic mass is 10.2. The summed E-state index contributed by atoms with van der Waals surface area (Å²) in [4.78, 5) is 16.1. The maximum atomic E-state index is 12.8. The van der Waals surface area contributed by atoms with Crippen molar-refractivity contribution in [2.45, 2.75) is 12.7 Å². The second kappa shape index (κ2) is 8.59. The molecule has 0 aliphatic carbocycles. The zero-order valence-corrected chi connectivity index (χ0v) is 16.3. The fraction of sp³-hybridized carbons (Fsp3) is 0.316. The number of alkyl halides is 3. The van der Waals surface area contributed by atoms with E-state index in [1.165, 1.54) is 12.1 Å². The van der Waals surface area contributed by atoms with E-state index in [2.05, 4.69) is 10.2 Å². The summed E-state index contributed by atoms with van der Waals surface area (Å²) >= 11 is 11.9. The molecule has 1 fully saturated rings. The molecular weight excluding hydrogens is 414 g/mol. The molecule has 1 aliphatic rings. The average Bonchev–Trinajstić information content (AvgIpc) is 2.65. The van der Waals surface area contributed by atoms with Gasteiger partial charge in [-0.3, -0.25) is 4.90 Å². The Morgan fingerprint density at radius 2 is 1.71 bits per heavy atom. The third-order valence-corrected chi connectivity index (χ3v) is 5.23. The molecule has 3 rings (SSSR count). The Morgan fingerprint density at radius 3 is 2.36 bits per heavy atom. The molecule has 0 saturated carbocycles. The molecule has 2 amide bonds. The molecule has 0 aromatic heterocycles. The van der Waals surface area contributed by atoms with Gasteiger partial charge in [0, 0.05) is 38.4 Å². The van der Waals surface area contributed by atoms with Crippen molar-refractivity contribution in [2.24, 2.45) is 0 Å². The van der Waals surface area contributed by atoms with Gasteiger partial charge in [-0.1, -0.05) is 35.3 Å². The molecule has 2 aromatic carbocycles. The summed E-state index contributed by atoms with van der Waals surface area (Å²) in [6.07, 6.45) is -4.45. The number of carbonyl (C=O) groups is 1. The minimum Gasteiger partial charge on any atom is -0.322 e. The number of piperazine rings is 1. The Kier molecular flexibility index (Phi) is 6.37. The predicted octanol–water partition coefficient (Wildman–Crippen LogP) is 5.36. The second-order valence-electron chi connectivity index (χ2n) is 6.52.